The van der Waals surface area contributed by atoms with Crippen LogP contribution in [-0.4, -0.2) is 68.1 Å². The molecular weight excluding hydrogens is 539 g/mol. The maximum absolute atomic E-state index is 12.8. The molecule has 1 heterocycles. The normalized spacial score (nSPS) is 22.6. The van der Waals surface area contributed by atoms with Gasteiger partial charge in [0, 0.05) is 23.2 Å². The molecule has 226 valence electrons. The Morgan fingerprint density at radius 1 is 1.00 bits per heavy atom. The molecule has 0 bridgehead atoms. The summed E-state index contributed by atoms with van der Waals surface area (Å²) in [6, 6.07) is 14.9. The fourth-order valence-electron chi connectivity index (χ4n) is 5.80. The van der Waals surface area contributed by atoms with Crippen molar-refractivity contribution in [2.24, 2.45) is 0 Å². The Morgan fingerprint density at radius 2 is 1.61 bits per heavy atom. The van der Waals surface area contributed by atoms with Crippen LogP contribution in [0.5, 0.6) is 11.5 Å². The standard InChI is InChI=1S/C28H39N3O3.C2HF3O2/c1-27(2,3)19-7-10-21(11-8-19)29-26(32)30-22-13-14-28(15-16-31(4)25(28)18-22)20-9-12-23(33-5)24(17-20)34-6;3-2(4,5)1(6)7/h7-12,17,22,25H,13-16,18H2,1-6H3,(H2,29,30,32);(H,6,7). The third kappa shape index (κ3) is 7.63. The molecule has 4 rings (SSSR count). The Morgan fingerprint density at radius 3 is 2.15 bits per heavy atom. The second kappa shape index (κ2) is 12.6. The zero-order valence-corrected chi connectivity index (χ0v) is 24.4. The van der Waals surface area contributed by atoms with Crippen LogP contribution in [0.15, 0.2) is 42.5 Å². The Hall–Kier alpha value is -3.47. The van der Waals surface area contributed by atoms with Gasteiger partial charge in [0.1, 0.15) is 0 Å². The number of fused-ring (bicyclic) bond motifs is 1. The first-order valence-corrected chi connectivity index (χ1v) is 13.5. The second-order valence-corrected chi connectivity index (χ2v) is 11.7. The molecule has 2 aromatic rings. The van der Waals surface area contributed by atoms with Gasteiger partial charge in [0.15, 0.2) is 11.5 Å². The molecule has 0 spiro atoms. The summed E-state index contributed by atoms with van der Waals surface area (Å²) in [6.07, 6.45) is -1.05. The maximum Gasteiger partial charge on any atom is 0.490 e. The van der Waals surface area contributed by atoms with E-state index in [1.807, 2.05) is 18.2 Å². The number of amides is 2. The van der Waals surface area contributed by atoms with Crippen LogP contribution in [-0.2, 0) is 15.6 Å². The summed E-state index contributed by atoms with van der Waals surface area (Å²) in [7, 11) is 5.56. The van der Waals surface area contributed by atoms with Crippen molar-refractivity contribution in [3.8, 4) is 11.5 Å². The van der Waals surface area contributed by atoms with Gasteiger partial charge in [0.25, 0.3) is 0 Å². The van der Waals surface area contributed by atoms with Crippen molar-refractivity contribution in [1.82, 2.24) is 10.2 Å². The molecule has 2 amide bonds. The third-order valence-electron chi connectivity index (χ3n) is 8.07. The van der Waals surface area contributed by atoms with Crippen LogP contribution < -0.4 is 20.1 Å². The lowest BCUT2D eigenvalue weighted by molar-refractivity contribution is -0.192. The first-order valence-electron chi connectivity index (χ1n) is 13.5. The number of likely N-dealkylation sites (N-methyl/N-ethyl adjacent to an activating group) is 1. The zero-order valence-electron chi connectivity index (χ0n) is 24.4. The zero-order chi connectivity index (χ0) is 30.6. The number of nitrogens with zero attached hydrogens (tertiary/aromatic N) is 1. The number of hydrogen-bond acceptors (Lipinski definition) is 5. The lowest BCUT2D eigenvalue weighted by Crippen LogP contribution is -2.52. The highest BCUT2D eigenvalue weighted by Crippen LogP contribution is 2.49. The number of likely N-dealkylation sites (tertiary alicyclic amines) is 1. The van der Waals surface area contributed by atoms with Gasteiger partial charge in [-0.15, -0.1) is 0 Å². The average Bonchev–Trinajstić information content (AvgIpc) is 3.24. The summed E-state index contributed by atoms with van der Waals surface area (Å²) in [6.45, 7) is 7.62. The third-order valence-corrected chi connectivity index (χ3v) is 8.07. The molecule has 2 aliphatic rings. The van der Waals surface area contributed by atoms with Crippen LogP contribution in [0.3, 0.4) is 0 Å². The van der Waals surface area contributed by atoms with E-state index >= 15 is 0 Å². The van der Waals surface area contributed by atoms with E-state index in [1.165, 1.54) is 11.1 Å². The molecule has 3 unspecified atom stereocenters. The molecule has 41 heavy (non-hydrogen) atoms. The molecule has 1 saturated carbocycles. The van der Waals surface area contributed by atoms with Crippen LogP contribution in [0.25, 0.3) is 0 Å². The first kappa shape index (κ1) is 32.0. The van der Waals surface area contributed by atoms with Gasteiger partial charge >= 0.3 is 18.2 Å². The van der Waals surface area contributed by atoms with Gasteiger partial charge in [0.2, 0.25) is 0 Å². The topological polar surface area (TPSA) is 100 Å². The molecule has 8 nitrogen and oxygen atoms in total. The van der Waals surface area contributed by atoms with Gasteiger partial charge in [-0.1, -0.05) is 39.0 Å². The van der Waals surface area contributed by atoms with E-state index in [1.54, 1.807) is 14.2 Å². The van der Waals surface area contributed by atoms with Crippen molar-refractivity contribution < 1.29 is 37.3 Å². The highest BCUT2D eigenvalue weighted by molar-refractivity contribution is 5.89. The van der Waals surface area contributed by atoms with E-state index in [0.29, 0.717) is 6.04 Å². The average molecular weight is 580 g/mol. The summed E-state index contributed by atoms with van der Waals surface area (Å²) in [5.74, 6) is -1.22. The van der Waals surface area contributed by atoms with Crippen LogP contribution in [0.2, 0.25) is 0 Å². The van der Waals surface area contributed by atoms with Crippen molar-refractivity contribution in [3.63, 3.8) is 0 Å². The minimum atomic E-state index is -5.08. The number of aliphatic carboxylic acids is 1. The number of carboxylic acids is 1. The van der Waals surface area contributed by atoms with E-state index in [2.05, 4.69) is 67.6 Å². The first-order chi connectivity index (χ1) is 19.1. The van der Waals surface area contributed by atoms with Gasteiger partial charge in [-0.3, -0.25) is 0 Å². The van der Waals surface area contributed by atoms with Crippen LogP contribution >= 0.6 is 0 Å². The van der Waals surface area contributed by atoms with Crippen molar-refractivity contribution in [2.75, 3.05) is 33.1 Å². The Kier molecular flexibility index (Phi) is 9.84. The highest BCUT2D eigenvalue weighted by atomic mass is 19.4. The number of carbonyl (C=O) groups is 2. The molecular formula is C30H40F3N3O5. The van der Waals surface area contributed by atoms with E-state index in [-0.39, 0.29) is 22.9 Å². The number of methoxy groups -OCH3 is 2. The molecule has 0 aromatic heterocycles. The van der Waals surface area contributed by atoms with Crippen molar-refractivity contribution in [2.45, 2.75) is 75.5 Å². The van der Waals surface area contributed by atoms with E-state index in [4.69, 9.17) is 19.4 Å². The number of nitrogens with one attached hydrogen (secondary N) is 2. The largest absolute Gasteiger partial charge is 0.493 e. The van der Waals surface area contributed by atoms with Crippen LogP contribution in [0.4, 0.5) is 23.7 Å². The van der Waals surface area contributed by atoms with Gasteiger partial charge < -0.3 is 30.1 Å². The van der Waals surface area contributed by atoms with Gasteiger partial charge in [-0.05, 0) is 80.1 Å². The number of carbonyl (C=O) groups excluding carboxylic acids is 1. The van der Waals surface area contributed by atoms with Gasteiger partial charge in [-0.2, -0.15) is 13.2 Å². The fraction of sp³-hybridized carbons (Fsp3) is 0.533. The maximum atomic E-state index is 12.8. The molecule has 0 radical (unpaired) electrons. The smallest absolute Gasteiger partial charge is 0.490 e. The number of anilines is 1. The fourth-order valence-corrected chi connectivity index (χ4v) is 5.80. The van der Waals surface area contributed by atoms with Crippen molar-refractivity contribution >= 4 is 17.7 Å². The van der Waals surface area contributed by atoms with E-state index in [9.17, 15) is 18.0 Å². The number of hydrogen-bond donors (Lipinski definition) is 3. The van der Waals surface area contributed by atoms with Gasteiger partial charge in [-0.25, -0.2) is 9.59 Å². The molecule has 3 N–H and O–H groups in total. The minimum Gasteiger partial charge on any atom is -0.493 e. The number of rotatable bonds is 5. The van der Waals surface area contributed by atoms with Crippen LogP contribution in [0, 0.1) is 0 Å². The van der Waals surface area contributed by atoms with Crippen molar-refractivity contribution in [1.29, 1.82) is 0 Å². The molecule has 11 heteroatoms. The Labute approximate surface area is 239 Å². The monoisotopic (exact) mass is 579 g/mol. The molecule has 3 atom stereocenters. The lowest BCUT2D eigenvalue weighted by Gasteiger charge is -2.45. The number of benzene rings is 2. The molecule has 1 aliphatic heterocycles. The van der Waals surface area contributed by atoms with E-state index in [0.717, 1.165) is 49.4 Å². The summed E-state index contributed by atoms with van der Waals surface area (Å²) in [4.78, 5) is 24.1. The second-order valence-electron chi connectivity index (χ2n) is 11.7. The number of alkyl halides is 3. The lowest BCUT2D eigenvalue weighted by atomic mass is 9.65. The molecule has 1 saturated heterocycles. The molecule has 2 fully saturated rings. The molecule has 1 aliphatic carbocycles. The summed E-state index contributed by atoms with van der Waals surface area (Å²) >= 11 is 0. The Bertz CT molecular complexity index is 1210. The summed E-state index contributed by atoms with van der Waals surface area (Å²) in [5, 5.41) is 13.4. The van der Waals surface area contributed by atoms with Gasteiger partial charge in [0.05, 0.1) is 14.2 Å². The predicted molar refractivity (Wildman–Crippen MR) is 151 cm³/mol. The number of urea groups is 1. The van der Waals surface area contributed by atoms with E-state index < -0.39 is 12.1 Å². The quantitative estimate of drug-likeness (QED) is 0.405. The number of carboxylic acid groups (broad SMARTS) is 1. The summed E-state index contributed by atoms with van der Waals surface area (Å²) < 4.78 is 42.8. The summed E-state index contributed by atoms with van der Waals surface area (Å²) in [5.41, 5.74) is 3.55. The minimum absolute atomic E-state index is 0.0751. The SMILES string of the molecule is COc1ccc(C23CCC(NC(=O)Nc4ccc(C(C)(C)C)cc4)CC2N(C)CC3)cc1OC.O=C(O)C(F)(F)F. The number of ether oxygens (including phenoxy) is 2. The van der Waals surface area contributed by atoms with Crippen molar-refractivity contribution in [3.05, 3.63) is 53.6 Å². The number of halogens is 3. The predicted octanol–water partition coefficient (Wildman–Crippen LogP) is 5.95. The molecule has 2 aromatic carbocycles. The van der Waals surface area contributed by atoms with Crippen LogP contribution in [0.1, 0.15) is 57.6 Å². The highest BCUT2D eigenvalue weighted by Gasteiger charge is 2.50. The Balaban J connectivity index is 0.000000587.